The van der Waals surface area contributed by atoms with Gasteiger partial charge in [-0.3, -0.25) is 67.5 Å². The number of rotatable bonds is 42. The van der Waals surface area contributed by atoms with Crippen molar-refractivity contribution in [2.45, 2.75) is 147 Å². The SMILES string of the molecule is CC[C@H]1c2cc3[nH]c4c(c3C)C(=O)C(C(=O)OC)c4c3nc(cc4[nH]c(cc(n2)[C@@H]1C)c(C(C)=O)c4C)[C@@H](C)[C@@H]3CCC(=O)NC(Cc1ccc(N(CCCl)CCCl)cc1)C(=O)NCCNC(=O)OCCSSC[C@H](NC(=O)[C@H](CC(=O)NCCS(=O)(=O)O)NC(=O)CC[C@H](NC(=O)c1ccc(NCc2cnc3nc(N)[nH]c(=O)c3n2)cc1)C(=O)O)C(=O)O. The lowest BCUT2D eigenvalue weighted by Crippen LogP contribution is -2.54. The van der Waals surface area contributed by atoms with Gasteiger partial charge in [-0.15, -0.1) is 23.2 Å². The topological polar surface area (TPSA) is 573 Å². The monoisotopic (exact) mass is 1810 g/mol. The lowest BCUT2D eigenvalue weighted by atomic mass is 9.83. The van der Waals surface area contributed by atoms with E-state index < -0.39 is 154 Å². The summed E-state index contributed by atoms with van der Waals surface area (Å²) in [5, 5.41) is 40.5. The molecule has 2 aromatic carbocycles. The molecule has 8 bridgehead atoms. The number of carboxylic acid groups (broad SMARTS) is 2. The van der Waals surface area contributed by atoms with Crippen LogP contribution in [0.3, 0.4) is 0 Å². The maximum absolute atomic E-state index is 14.8. The Kier molecular flexibility index (Phi) is 32.8. The number of halogens is 2. The zero-order chi connectivity index (χ0) is 90.0. The number of hydrogen-bond acceptors (Lipinski definition) is 27. The van der Waals surface area contributed by atoms with E-state index in [9.17, 15) is 85.5 Å². The number of nitrogen functional groups attached to an aromatic ring is 1. The number of anilines is 3. The number of ketones is 2. The minimum absolute atomic E-state index is 0.00399. The molecular formula is C81H96Cl2N18O20S3. The zero-order valence-electron chi connectivity index (χ0n) is 68.6. The average molecular weight is 1810 g/mol. The third-order valence-electron chi connectivity index (χ3n) is 21.3. The van der Waals surface area contributed by atoms with Crippen molar-refractivity contribution in [3.63, 3.8) is 0 Å². The van der Waals surface area contributed by atoms with Gasteiger partial charge in [-0.2, -0.15) is 13.4 Å². The Hall–Kier alpha value is -11.8. The van der Waals surface area contributed by atoms with Crippen molar-refractivity contribution in [3.05, 3.63) is 151 Å². The summed E-state index contributed by atoms with van der Waals surface area (Å²) in [4.78, 5) is 209. The van der Waals surface area contributed by atoms with Crippen LogP contribution >= 0.6 is 44.8 Å². The molecule has 0 fully saturated rings. The molecular weight excluding hydrogens is 1710 g/mol. The standard InChI is InChI=1S/C81H96Cl2N18O20S3/c1-8-49-39(2)52-34-57-64(43(6)102)41(4)54(92-57)32-53-40(3)50(68(95-53)66-67(79(115)120-7)71(106)65-42(5)55(96-69(65)66)33-56(49)91-52)17-19-61(103)93-58(31-44-9-15-48(16-10-44)101(26-21-82)27-22-83)74(108)86-23-24-87-81(116)121-28-29-122-123-38-60(78(113)114)98-75(109)59(35-63(105)85-25-30-124(117,118)119)94-62(104)20-18-51(77(111)112)97-73(107)45-11-13-46(14-12-45)88-36-47-37-89-72-70(90-47)76(110)100-80(84)99-72/h9-16,32-34,37,39-40,49-51,58-60,67,88,92,96H,8,17-31,35-36,38H2,1-7H3,(H,85,105)(H,86,108)(H,87,116)(H,93,103)(H,94,104)(H,97,107)(H,98,109)(H,111,112)(H,113,114)(H,117,118,119)(H3,84,89,99,100,110)/t39-,40+,49-,50+,51+,58?,59+,60+,67?/m1/s1. The molecule has 5 aromatic heterocycles. The highest BCUT2D eigenvalue weighted by Gasteiger charge is 2.46. The van der Waals surface area contributed by atoms with Crippen molar-refractivity contribution in [3.8, 4) is 0 Å². The molecule has 662 valence electrons. The van der Waals surface area contributed by atoms with Crippen LogP contribution in [0.15, 0.2) is 77.7 Å². The molecule has 16 N–H and O–H groups in total. The summed E-state index contributed by atoms with van der Waals surface area (Å²) in [6, 6.07) is 12.4. The number of fused-ring (bicyclic) bond motifs is 9. The Bertz CT molecular complexity index is 5600. The second-order valence-electron chi connectivity index (χ2n) is 29.7. The van der Waals surface area contributed by atoms with Crippen molar-refractivity contribution < 1.29 is 90.2 Å². The molecule has 43 heteroatoms. The predicted octanol–water partition coefficient (Wildman–Crippen LogP) is 6.12. The minimum atomic E-state index is -4.56. The molecule has 1 aliphatic carbocycles. The number of aryl methyl sites for hydroxylation is 2. The number of nitrogens with one attached hydrogen (secondary N) is 11. The highest BCUT2D eigenvalue weighted by molar-refractivity contribution is 8.76. The van der Waals surface area contributed by atoms with E-state index in [1.165, 1.54) is 44.5 Å². The molecule has 124 heavy (non-hydrogen) atoms. The highest BCUT2D eigenvalue weighted by Crippen LogP contribution is 2.49. The van der Waals surface area contributed by atoms with Crippen LogP contribution in [0.4, 0.5) is 22.1 Å². The summed E-state index contributed by atoms with van der Waals surface area (Å²) >= 11 is 12.3. The fraction of sp³-hybridized carbons (Fsp3) is 0.432. The van der Waals surface area contributed by atoms with E-state index in [0.717, 1.165) is 45.1 Å². The summed E-state index contributed by atoms with van der Waals surface area (Å²) in [7, 11) is -1.40. The maximum Gasteiger partial charge on any atom is 0.407 e. The van der Waals surface area contributed by atoms with Gasteiger partial charge >= 0.3 is 24.0 Å². The van der Waals surface area contributed by atoms with Crippen LogP contribution in [0, 0.1) is 13.8 Å². The van der Waals surface area contributed by atoms with Gasteiger partial charge in [0.1, 0.15) is 36.7 Å². The summed E-state index contributed by atoms with van der Waals surface area (Å²) in [5.74, 6) is -13.0. The van der Waals surface area contributed by atoms with Gasteiger partial charge in [0.05, 0.1) is 54.4 Å². The number of alkyl halides is 2. The fourth-order valence-electron chi connectivity index (χ4n) is 14.9. The van der Waals surface area contributed by atoms with Crippen LogP contribution in [0.25, 0.3) is 33.2 Å². The number of carbonyl (C=O) groups excluding carboxylic acids is 10. The van der Waals surface area contributed by atoms with Crippen LogP contribution in [0.1, 0.15) is 178 Å². The second-order valence-corrected chi connectivity index (χ2v) is 34.7. The van der Waals surface area contributed by atoms with Gasteiger partial charge in [-0.05, 0) is 111 Å². The second kappa shape index (κ2) is 43.0. The van der Waals surface area contributed by atoms with E-state index in [4.69, 9.17) is 48.4 Å². The summed E-state index contributed by atoms with van der Waals surface area (Å²) in [6.45, 7) is 11.2. The molecule has 7 heterocycles. The smallest absolute Gasteiger partial charge is 0.407 e. The van der Waals surface area contributed by atoms with E-state index in [1.807, 2.05) is 61.2 Å². The Balaban J connectivity index is 0.739. The van der Waals surface area contributed by atoms with Crippen molar-refractivity contribution >= 4 is 176 Å². The number of aliphatic carboxylic acids is 2. The number of benzene rings is 2. The number of methoxy groups -OCH3 is 1. The van der Waals surface area contributed by atoms with E-state index in [0.29, 0.717) is 103 Å². The first-order valence-corrected chi connectivity index (χ1v) is 44.8. The number of Topliss-reactive ketones (excluding diaryl/α,β-unsaturated/α-hetero) is 2. The highest BCUT2D eigenvalue weighted by atomic mass is 35.5. The van der Waals surface area contributed by atoms with Gasteiger partial charge in [0.2, 0.25) is 35.5 Å². The molecule has 7 amide bonds. The van der Waals surface area contributed by atoms with Crippen molar-refractivity contribution in [1.82, 2.24) is 77.1 Å². The molecule has 2 aliphatic heterocycles. The normalized spacial score (nSPS) is 16.2. The van der Waals surface area contributed by atoms with E-state index in [2.05, 4.69) is 86.3 Å². The molecule has 0 radical (unpaired) electrons. The Morgan fingerprint density at radius 1 is 0.702 bits per heavy atom. The molecule has 0 spiro atoms. The number of ether oxygens (including phenoxy) is 2. The molecule has 7 aromatic rings. The third kappa shape index (κ3) is 24.2. The molecule has 0 saturated heterocycles. The first kappa shape index (κ1) is 94.5. The van der Waals surface area contributed by atoms with Crippen molar-refractivity contribution in [2.75, 3.05) is 91.4 Å². The molecule has 0 saturated carbocycles. The van der Waals surface area contributed by atoms with Gasteiger partial charge < -0.3 is 82.8 Å². The number of alkyl carbamates (subject to hydrolysis) is 1. The first-order valence-electron chi connectivity index (χ1n) is 39.6. The fourth-order valence-corrected chi connectivity index (χ4v) is 17.6. The van der Waals surface area contributed by atoms with E-state index in [-0.39, 0.29) is 97.3 Å². The van der Waals surface area contributed by atoms with E-state index >= 15 is 0 Å². The summed E-state index contributed by atoms with van der Waals surface area (Å²) in [5.41, 5.74) is 14.4. The molecule has 9 atom stereocenters. The number of esters is 1. The Morgan fingerprint density at radius 2 is 1.35 bits per heavy atom. The molecule has 10 rings (SSSR count). The number of aromatic nitrogens is 8. The van der Waals surface area contributed by atoms with Crippen LogP contribution in [0.5, 0.6) is 0 Å². The number of nitrogens with two attached hydrogens (primary N) is 1. The number of H-pyrrole nitrogens is 3. The number of carboxylic acids is 2. The first-order chi connectivity index (χ1) is 59.1. The van der Waals surface area contributed by atoms with Crippen molar-refractivity contribution in [2.24, 2.45) is 0 Å². The lowest BCUT2D eigenvalue weighted by Gasteiger charge is -2.24. The van der Waals surface area contributed by atoms with Gasteiger partial charge in [-0.25, -0.2) is 24.4 Å². The molecule has 3 aliphatic rings. The van der Waals surface area contributed by atoms with Crippen LogP contribution in [-0.2, 0) is 70.9 Å². The number of hydrogen-bond donors (Lipinski definition) is 15. The van der Waals surface area contributed by atoms with Gasteiger partial charge in [0.25, 0.3) is 21.6 Å². The number of nitrogens with zero attached hydrogens (tertiary/aromatic N) is 6. The quantitative estimate of drug-likeness (QED) is 0.00390. The largest absolute Gasteiger partial charge is 0.480 e. The zero-order valence-corrected chi connectivity index (χ0v) is 72.5. The third-order valence-corrected chi connectivity index (χ3v) is 24.8. The minimum Gasteiger partial charge on any atom is -0.480 e. The average Bonchev–Trinajstić information content (AvgIpc) is 1.56. The maximum atomic E-state index is 14.8. The predicted molar refractivity (Wildman–Crippen MR) is 464 cm³/mol. The number of carbonyl (C=O) groups is 12. The number of aromatic amines is 3. The van der Waals surface area contributed by atoms with Gasteiger partial charge in [0.15, 0.2) is 22.7 Å². The Morgan fingerprint density at radius 3 is 2.02 bits per heavy atom. The molecule has 38 nitrogen and oxygen atoms in total. The van der Waals surface area contributed by atoms with Crippen molar-refractivity contribution in [1.29, 1.82) is 0 Å². The van der Waals surface area contributed by atoms with Crippen LogP contribution in [-0.4, -0.2) is 234 Å². The summed E-state index contributed by atoms with van der Waals surface area (Å²) in [6.07, 6.45) is -0.981. The molecule has 2 unspecified atom stereocenters. The number of amides is 7. The van der Waals surface area contributed by atoms with Crippen LogP contribution < -0.4 is 58.7 Å². The van der Waals surface area contributed by atoms with Gasteiger partial charge in [0, 0.05) is 161 Å². The van der Waals surface area contributed by atoms with Gasteiger partial charge in [-0.1, -0.05) is 54.5 Å². The lowest BCUT2D eigenvalue weighted by molar-refractivity contribution is -0.142. The van der Waals surface area contributed by atoms with Crippen LogP contribution in [0.2, 0.25) is 0 Å². The van der Waals surface area contributed by atoms with E-state index in [1.54, 1.807) is 6.92 Å². The Labute approximate surface area is 728 Å². The summed E-state index contributed by atoms with van der Waals surface area (Å²) < 4.78 is 42.5.